The standard InChI is InChI=1S/C23H20BrF3N4O/c24-16-9-7-14(8-10-16)17-12-20(23(25,26)27)31-21(28-17)13-18(29-31)22(32)30-11-3-5-15-4-1-2-6-19(15)30/h1-2,4,6-10,13,17,20,28H,3,5,11-12H2/t17-,20-/m1/s1. The third-order valence-corrected chi connectivity index (χ3v) is 6.57. The number of amides is 1. The Morgan fingerprint density at radius 1 is 1.12 bits per heavy atom. The molecule has 0 aliphatic carbocycles. The Morgan fingerprint density at radius 3 is 2.62 bits per heavy atom. The van der Waals surface area contributed by atoms with Crippen LogP contribution in [0.1, 0.15) is 46.5 Å². The molecule has 0 bridgehead atoms. The molecule has 0 unspecified atom stereocenters. The molecule has 5 rings (SSSR count). The first kappa shape index (κ1) is 21.1. The highest BCUT2D eigenvalue weighted by molar-refractivity contribution is 9.10. The lowest BCUT2D eigenvalue weighted by atomic mass is 9.97. The second kappa shape index (κ2) is 7.95. The van der Waals surface area contributed by atoms with Gasteiger partial charge in [-0.25, -0.2) is 4.68 Å². The molecule has 2 aromatic carbocycles. The molecule has 0 radical (unpaired) electrons. The summed E-state index contributed by atoms with van der Waals surface area (Å²) >= 11 is 3.35. The van der Waals surface area contributed by atoms with E-state index in [9.17, 15) is 18.0 Å². The SMILES string of the molecule is O=C(c1cc2n(n1)[C@@H](C(F)(F)F)C[C@H](c1ccc(Br)cc1)N2)N1CCCc2ccccc21. The molecule has 3 heterocycles. The topological polar surface area (TPSA) is 50.2 Å². The zero-order valence-corrected chi connectivity index (χ0v) is 18.5. The number of nitrogens with one attached hydrogen (secondary N) is 1. The Labute approximate surface area is 191 Å². The lowest BCUT2D eigenvalue weighted by Gasteiger charge is -2.33. The number of para-hydroxylation sites is 1. The van der Waals surface area contributed by atoms with Crippen LogP contribution in [-0.2, 0) is 6.42 Å². The summed E-state index contributed by atoms with van der Waals surface area (Å²) in [6.45, 7) is 0.510. The molecule has 166 valence electrons. The number of hydrogen-bond acceptors (Lipinski definition) is 3. The third kappa shape index (κ3) is 3.79. The quantitative estimate of drug-likeness (QED) is 0.472. The van der Waals surface area contributed by atoms with Gasteiger partial charge in [-0.3, -0.25) is 4.79 Å². The van der Waals surface area contributed by atoms with Gasteiger partial charge in [0.25, 0.3) is 5.91 Å². The van der Waals surface area contributed by atoms with Crippen LogP contribution >= 0.6 is 15.9 Å². The number of rotatable bonds is 2. The molecule has 0 spiro atoms. The fourth-order valence-electron chi connectivity index (χ4n) is 4.47. The molecule has 32 heavy (non-hydrogen) atoms. The highest BCUT2D eigenvalue weighted by atomic mass is 79.9. The maximum absolute atomic E-state index is 13.9. The van der Waals surface area contributed by atoms with Crippen molar-refractivity contribution in [1.29, 1.82) is 0 Å². The van der Waals surface area contributed by atoms with Crippen LogP contribution in [0.25, 0.3) is 0 Å². The van der Waals surface area contributed by atoms with Crippen molar-refractivity contribution in [3.05, 3.63) is 75.9 Å². The molecule has 1 amide bonds. The number of hydrogen-bond donors (Lipinski definition) is 1. The maximum atomic E-state index is 13.9. The van der Waals surface area contributed by atoms with E-state index in [0.29, 0.717) is 6.54 Å². The summed E-state index contributed by atoms with van der Waals surface area (Å²) in [5.41, 5.74) is 2.60. The van der Waals surface area contributed by atoms with E-state index in [1.165, 1.54) is 6.07 Å². The minimum absolute atomic E-state index is 0.00918. The van der Waals surface area contributed by atoms with Crippen molar-refractivity contribution in [2.75, 3.05) is 16.8 Å². The number of carbonyl (C=O) groups excluding carboxylic acids is 1. The van der Waals surface area contributed by atoms with Crippen molar-refractivity contribution in [2.45, 2.75) is 37.5 Å². The molecule has 1 aromatic heterocycles. The minimum atomic E-state index is -4.49. The molecule has 0 saturated carbocycles. The molecule has 2 atom stereocenters. The van der Waals surface area contributed by atoms with Gasteiger partial charge in [-0.1, -0.05) is 46.3 Å². The van der Waals surface area contributed by atoms with Gasteiger partial charge in [-0.05, 0) is 42.2 Å². The van der Waals surface area contributed by atoms with Gasteiger partial charge in [-0.2, -0.15) is 18.3 Å². The van der Waals surface area contributed by atoms with E-state index < -0.39 is 18.3 Å². The highest BCUT2D eigenvalue weighted by Gasteiger charge is 2.47. The first-order valence-corrected chi connectivity index (χ1v) is 11.2. The average Bonchev–Trinajstić information content (AvgIpc) is 3.21. The molecule has 5 nitrogen and oxygen atoms in total. The van der Waals surface area contributed by atoms with Crippen LogP contribution in [0.4, 0.5) is 24.7 Å². The van der Waals surface area contributed by atoms with E-state index in [0.717, 1.165) is 38.8 Å². The number of aryl methyl sites for hydroxylation is 1. The van der Waals surface area contributed by atoms with Crippen LogP contribution in [0.2, 0.25) is 0 Å². The van der Waals surface area contributed by atoms with Gasteiger partial charge in [0.05, 0.1) is 6.04 Å². The molecule has 0 fully saturated rings. The first-order valence-electron chi connectivity index (χ1n) is 10.4. The number of nitrogens with zero attached hydrogens (tertiary/aromatic N) is 3. The Bertz CT molecular complexity index is 1160. The van der Waals surface area contributed by atoms with E-state index in [2.05, 4.69) is 26.3 Å². The van der Waals surface area contributed by atoms with Crippen molar-refractivity contribution >= 4 is 33.3 Å². The number of anilines is 2. The molecule has 3 aromatic rings. The molecule has 9 heteroatoms. The summed E-state index contributed by atoms with van der Waals surface area (Å²) in [5, 5.41) is 7.27. The van der Waals surface area contributed by atoms with E-state index in [4.69, 9.17) is 0 Å². The normalized spacial score (nSPS) is 20.3. The Hall–Kier alpha value is -2.81. The van der Waals surface area contributed by atoms with Crippen molar-refractivity contribution in [3.8, 4) is 0 Å². The molecule has 0 saturated heterocycles. The predicted octanol–water partition coefficient (Wildman–Crippen LogP) is 5.90. The molecular formula is C23H20BrF3N4O. The van der Waals surface area contributed by atoms with Crippen LogP contribution in [0.15, 0.2) is 59.1 Å². The molecule has 1 N–H and O–H groups in total. The number of halogens is 4. The third-order valence-electron chi connectivity index (χ3n) is 6.04. The van der Waals surface area contributed by atoms with Gasteiger partial charge < -0.3 is 10.2 Å². The second-order valence-corrected chi connectivity index (χ2v) is 9.01. The Balaban J connectivity index is 1.50. The van der Waals surface area contributed by atoms with Crippen LogP contribution in [-0.4, -0.2) is 28.4 Å². The minimum Gasteiger partial charge on any atom is -0.363 e. The number of aromatic nitrogens is 2. The maximum Gasteiger partial charge on any atom is 0.410 e. The van der Waals surface area contributed by atoms with Crippen LogP contribution in [0.3, 0.4) is 0 Å². The van der Waals surface area contributed by atoms with Crippen molar-refractivity contribution in [2.24, 2.45) is 0 Å². The van der Waals surface area contributed by atoms with E-state index in [1.54, 1.807) is 29.2 Å². The Kier molecular flexibility index (Phi) is 5.23. The summed E-state index contributed by atoms with van der Waals surface area (Å²) in [6.07, 6.45) is -3.04. The Morgan fingerprint density at radius 2 is 1.88 bits per heavy atom. The van der Waals surface area contributed by atoms with Crippen molar-refractivity contribution < 1.29 is 18.0 Å². The highest BCUT2D eigenvalue weighted by Crippen LogP contribution is 2.44. The largest absolute Gasteiger partial charge is 0.410 e. The van der Waals surface area contributed by atoms with Crippen molar-refractivity contribution in [3.63, 3.8) is 0 Å². The number of benzene rings is 2. The van der Waals surface area contributed by atoms with Crippen LogP contribution < -0.4 is 10.2 Å². The number of fused-ring (bicyclic) bond motifs is 2. The average molecular weight is 505 g/mol. The van der Waals surface area contributed by atoms with E-state index >= 15 is 0 Å². The first-order chi connectivity index (χ1) is 15.3. The van der Waals surface area contributed by atoms with Gasteiger partial charge in [0, 0.05) is 29.2 Å². The molecule has 2 aliphatic heterocycles. The molecule has 2 aliphatic rings. The molecular weight excluding hydrogens is 485 g/mol. The summed E-state index contributed by atoms with van der Waals surface area (Å²) in [6, 6.07) is 13.9. The summed E-state index contributed by atoms with van der Waals surface area (Å²) in [5.74, 6) is -0.192. The monoisotopic (exact) mass is 504 g/mol. The fourth-order valence-corrected chi connectivity index (χ4v) is 4.74. The summed E-state index contributed by atoms with van der Waals surface area (Å²) in [4.78, 5) is 14.9. The van der Waals surface area contributed by atoms with Crippen LogP contribution in [0, 0.1) is 0 Å². The van der Waals surface area contributed by atoms with Gasteiger partial charge in [0.15, 0.2) is 11.7 Å². The van der Waals surface area contributed by atoms with Gasteiger partial charge in [0.2, 0.25) is 0 Å². The summed E-state index contributed by atoms with van der Waals surface area (Å²) < 4.78 is 43.6. The van der Waals surface area contributed by atoms with Crippen LogP contribution in [0.5, 0.6) is 0 Å². The van der Waals surface area contributed by atoms with Gasteiger partial charge >= 0.3 is 6.18 Å². The predicted molar refractivity (Wildman–Crippen MR) is 119 cm³/mol. The van der Waals surface area contributed by atoms with E-state index in [1.807, 2.05) is 24.3 Å². The van der Waals surface area contributed by atoms with E-state index in [-0.39, 0.29) is 23.8 Å². The van der Waals surface area contributed by atoms with Gasteiger partial charge in [0.1, 0.15) is 5.82 Å². The van der Waals surface area contributed by atoms with Gasteiger partial charge in [-0.15, -0.1) is 0 Å². The second-order valence-electron chi connectivity index (χ2n) is 8.09. The smallest absolute Gasteiger partial charge is 0.363 e. The summed E-state index contributed by atoms with van der Waals surface area (Å²) in [7, 11) is 0. The number of carbonyl (C=O) groups is 1. The zero-order chi connectivity index (χ0) is 22.5. The zero-order valence-electron chi connectivity index (χ0n) is 16.9. The lowest BCUT2D eigenvalue weighted by molar-refractivity contribution is -0.173. The fraction of sp³-hybridized carbons (Fsp3) is 0.304. The van der Waals surface area contributed by atoms with Crippen molar-refractivity contribution in [1.82, 2.24) is 9.78 Å². The number of alkyl halides is 3. The lowest BCUT2D eigenvalue weighted by Crippen LogP contribution is -2.37.